The van der Waals surface area contributed by atoms with E-state index < -0.39 is 5.97 Å². The van der Waals surface area contributed by atoms with Gasteiger partial charge in [0.25, 0.3) is 0 Å². The minimum absolute atomic E-state index is 0.0157. The Hall–Kier alpha value is -3.81. The van der Waals surface area contributed by atoms with Crippen LogP contribution in [0.25, 0.3) is 11.1 Å². The van der Waals surface area contributed by atoms with E-state index in [-0.39, 0.29) is 29.1 Å². The van der Waals surface area contributed by atoms with E-state index in [1.165, 1.54) is 26.4 Å². The molecule has 3 aromatic rings. The Bertz CT molecular complexity index is 966. The third kappa shape index (κ3) is 3.96. The summed E-state index contributed by atoms with van der Waals surface area (Å²) in [6.45, 7) is 0. The maximum absolute atomic E-state index is 12.0. The van der Waals surface area contributed by atoms with E-state index in [0.717, 1.165) is 0 Å². The largest absolute Gasteiger partial charge is 0.497 e. The Morgan fingerprint density at radius 3 is 2.07 bits per heavy atom. The Morgan fingerprint density at radius 1 is 0.893 bits per heavy atom. The van der Waals surface area contributed by atoms with Crippen LogP contribution in [0, 0.1) is 0 Å². The molecule has 144 valence electrons. The van der Waals surface area contributed by atoms with Gasteiger partial charge in [0.05, 0.1) is 27.4 Å². The Balaban J connectivity index is 2.05. The van der Waals surface area contributed by atoms with Crippen molar-refractivity contribution >= 4 is 5.97 Å². The van der Waals surface area contributed by atoms with Gasteiger partial charge in [-0.15, -0.1) is 0 Å². The molecule has 0 radical (unpaired) electrons. The molecule has 0 aliphatic rings. The number of nitrogens with zero attached hydrogens (tertiary/aromatic N) is 2. The maximum Gasteiger partial charge on any atom is 0.340 e. The van der Waals surface area contributed by atoms with E-state index in [1.807, 2.05) is 0 Å². The lowest BCUT2D eigenvalue weighted by Gasteiger charge is -2.13. The summed E-state index contributed by atoms with van der Waals surface area (Å²) < 4.78 is 21.0. The highest BCUT2D eigenvalue weighted by Crippen LogP contribution is 2.34. The Labute approximate surface area is 161 Å². The van der Waals surface area contributed by atoms with Crippen LogP contribution in [0.3, 0.4) is 0 Å². The van der Waals surface area contributed by atoms with Crippen molar-refractivity contribution in [2.24, 2.45) is 0 Å². The number of methoxy groups -OCH3 is 3. The molecule has 0 fully saturated rings. The Kier molecular flexibility index (Phi) is 5.59. The molecular formula is C20H18N2O6. The molecule has 0 saturated heterocycles. The standard InChI is InChI=1S/C20H18N2O6/c1-25-13-9-7-12(8-10-13)14-5-4-6-15(18(14)19(23)24)28-20-21-16(26-2)11-17(22-20)27-3/h4-11H,1-3H3,(H,23,24). The molecule has 8 nitrogen and oxygen atoms in total. The molecular weight excluding hydrogens is 364 g/mol. The normalized spacial score (nSPS) is 10.2. The molecule has 1 heterocycles. The van der Waals surface area contributed by atoms with Crippen molar-refractivity contribution in [2.75, 3.05) is 21.3 Å². The second-order valence-electron chi connectivity index (χ2n) is 5.55. The van der Waals surface area contributed by atoms with Gasteiger partial charge in [0.15, 0.2) is 0 Å². The fourth-order valence-electron chi connectivity index (χ4n) is 2.58. The highest BCUT2D eigenvalue weighted by molar-refractivity contribution is 5.99. The van der Waals surface area contributed by atoms with Crippen molar-refractivity contribution < 1.29 is 28.8 Å². The van der Waals surface area contributed by atoms with Crippen LogP contribution >= 0.6 is 0 Å². The molecule has 0 aliphatic carbocycles. The lowest BCUT2D eigenvalue weighted by atomic mass is 9.99. The van der Waals surface area contributed by atoms with Crippen molar-refractivity contribution in [1.29, 1.82) is 0 Å². The summed E-state index contributed by atoms with van der Waals surface area (Å²) >= 11 is 0. The molecule has 0 amide bonds. The zero-order chi connectivity index (χ0) is 20.1. The summed E-state index contributed by atoms with van der Waals surface area (Å²) in [6, 6.07) is 13.4. The lowest BCUT2D eigenvalue weighted by Crippen LogP contribution is -2.05. The fraction of sp³-hybridized carbons (Fsp3) is 0.150. The summed E-state index contributed by atoms with van der Waals surface area (Å²) in [4.78, 5) is 20.1. The number of carbonyl (C=O) groups is 1. The monoisotopic (exact) mass is 382 g/mol. The van der Waals surface area contributed by atoms with Gasteiger partial charge >= 0.3 is 12.0 Å². The van der Waals surface area contributed by atoms with E-state index in [1.54, 1.807) is 43.5 Å². The van der Waals surface area contributed by atoms with E-state index >= 15 is 0 Å². The van der Waals surface area contributed by atoms with Crippen LogP contribution in [-0.2, 0) is 0 Å². The first-order chi connectivity index (χ1) is 13.5. The second-order valence-corrected chi connectivity index (χ2v) is 5.55. The summed E-state index contributed by atoms with van der Waals surface area (Å²) in [5.74, 6) is 0.0763. The molecule has 0 aliphatic heterocycles. The molecule has 1 N–H and O–H groups in total. The summed E-state index contributed by atoms with van der Waals surface area (Å²) in [7, 11) is 4.45. The highest BCUT2D eigenvalue weighted by Gasteiger charge is 2.20. The van der Waals surface area contributed by atoms with E-state index in [4.69, 9.17) is 18.9 Å². The first-order valence-electron chi connectivity index (χ1n) is 8.21. The zero-order valence-electron chi connectivity index (χ0n) is 15.5. The number of aromatic carboxylic acids is 1. The van der Waals surface area contributed by atoms with Gasteiger partial charge in [0.1, 0.15) is 17.1 Å². The van der Waals surface area contributed by atoms with Gasteiger partial charge in [0, 0.05) is 0 Å². The average Bonchev–Trinajstić information content (AvgIpc) is 2.73. The maximum atomic E-state index is 12.0. The van der Waals surface area contributed by atoms with Gasteiger partial charge in [-0.1, -0.05) is 24.3 Å². The smallest absolute Gasteiger partial charge is 0.340 e. The molecule has 2 aromatic carbocycles. The predicted octanol–water partition coefficient (Wildman–Crippen LogP) is 3.66. The predicted molar refractivity (Wildman–Crippen MR) is 101 cm³/mol. The minimum atomic E-state index is -1.14. The van der Waals surface area contributed by atoms with Crippen LogP contribution in [0.15, 0.2) is 48.5 Å². The van der Waals surface area contributed by atoms with Crippen molar-refractivity contribution in [3.63, 3.8) is 0 Å². The van der Waals surface area contributed by atoms with Crippen LogP contribution < -0.4 is 18.9 Å². The summed E-state index contributed by atoms with van der Waals surface area (Å²) in [6.07, 6.45) is 0. The first kappa shape index (κ1) is 19.0. The summed E-state index contributed by atoms with van der Waals surface area (Å²) in [5, 5.41) is 9.79. The van der Waals surface area contributed by atoms with Crippen molar-refractivity contribution in [3.05, 3.63) is 54.1 Å². The quantitative estimate of drug-likeness (QED) is 0.661. The van der Waals surface area contributed by atoms with E-state index in [0.29, 0.717) is 16.9 Å². The molecule has 0 saturated carbocycles. The fourth-order valence-corrected chi connectivity index (χ4v) is 2.58. The average molecular weight is 382 g/mol. The van der Waals surface area contributed by atoms with Crippen LogP contribution in [0.2, 0.25) is 0 Å². The van der Waals surface area contributed by atoms with Crippen molar-refractivity contribution in [2.45, 2.75) is 0 Å². The topological polar surface area (TPSA) is 100 Å². The number of hydrogen-bond acceptors (Lipinski definition) is 7. The van der Waals surface area contributed by atoms with Gasteiger partial charge in [-0.05, 0) is 29.3 Å². The van der Waals surface area contributed by atoms with Gasteiger partial charge < -0.3 is 24.1 Å². The van der Waals surface area contributed by atoms with Crippen LogP contribution in [-0.4, -0.2) is 42.4 Å². The first-order valence-corrected chi connectivity index (χ1v) is 8.21. The van der Waals surface area contributed by atoms with Gasteiger partial charge in [0.2, 0.25) is 11.8 Å². The van der Waals surface area contributed by atoms with Crippen molar-refractivity contribution in [3.8, 4) is 40.4 Å². The Morgan fingerprint density at radius 2 is 1.54 bits per heavy atom. The molecule has 0 bridgehead atoms. The van der Waals surface area contributed by atoms with Crippen LogP contribution in [0.1, 0.15) is 10.4 Å². The zero-order valence-corrected chi connectivity index (χ0v) is 15.5. The highest BCUT2D eigenvalue weighted by atomic mass is 16.5. The molecule has 0 unspecified atom stereocenters. The molecule has 8 heteroatoms. The second kappa shape index (κ2) is 8.26. The number of carboxylic acid groups (broad SMARTS) is 1. The number of rotatable bonds is 7. The molecule has 3 rings (SSSR count). The third-order valence-electron chi connectivity index (χ3n) is 3.92. The molecule has 0 atom stereocenters. The number of hydrogen-bond donors (Lipinski definition) is 1. The number of aromatic nitrogens is 2. The van der Waals surface area contributed by atoms with E-state index in [2.05, 4.69) is 9.97 Å². The van der Waals surface area contributed by atoms with Gasteiger partial charge in [-0.3, -0.25) is 0 Å². The molecule has 0 spiro atoms. The molecule has 28 heavy (non-hydrogen) atoms. The van der Waals surface area contributed by atoms with Gasteiger partial charge in [-0.25, -0.2) is 4.79 Å². The molecule has 1 aromatic heterocycles. The SMILES string of the molecule is COc1ccc(-c2cccc(Oc3nc(OC)cc(OC)n3)c2C(=O)O)cc1. The number of carboxylic acids is 1. The lowest BCUT2D eigenvalue weighted by molar-refractivity contribution is 0.0695. The number of ether oxygens (including phenoxy) is 4. The number of benzene rings is 2. The summed E-state index contributed by atoms with van der Waals surface area (Å²) in [5.41, 5.74) is 1.17. The van der Waals surface area contributed by atoms with E-state index in [9.17, 15) is 9.90 Å². The van der Waals surface area contributed by atoms with Gasteiger partial charge in [-0.2, -0.15) is 9.97 Å². The van der Waals surface area contributed by atoms with Crippen LogP contribution in [0.4, 0.5) is 0 Å². The van der Waals surface area contributed by atoms with Crippen molar-refractivity contribution in [1.82, 2.24) is 9.97 Å². The van der Waals surface area contributed by atoms with Crippen LogP contribution in [0.5, 0.6) is 29.3 Å². The third-order valence-corrected chi connectivity index (χ3v) is 3.92. The minimum Gasteiger partial charge on any atom is -0.497 e.